The number of benzene rings is 1. The highest BCUT2D eigenvalue weighted by Gasteiger charge is 2.14. The Bertz CT molecular complexity index is 310. The minimum absolute atomic E-state index is 1.24. The average molecular weight is 272 g/mol. The molecule has 0 unspecified atom stereocenters. The van der Waals surface area contributed by atoms with Crippen LogP contribution in [0.3, 0.4) is 0 Å². The standard InChI is InChI=1S/C20H32/c1-5-10-17(11-6-2)19-14-9-15-20(16-19)18(12-7-3)13-8-4/h9,14-16H,5-8,10-13H2,1-4H3. The largest absolute Gasteiger partial charge is 0.0654 e. The van der Waals surface area contributed by atoms with E-state index in [0.29, 0.717) is 0 Å². The lowest BCUT2D eigenvalue weighted by Gasteiger charge is -2.20. The zero-order valence-electron chi connectivity index (χ0n) is 14.0. The van der Waals surface area contributed by atoms with Crippen LogP contribution in [0, 0.1) is 11.8 Å². The third-order valence-electron chi connectivity index (χ3n) is 3.89. The Morgan fingerprint density at radius 3 is 1.30 bits per heavy atom. The number of hydrogen-bond donors (Lipinski definition) is 0. The van der Waals surface area contributed by atoms with E-state index >= 15 is 0 Å². The summed E-state index contributed by atoms with van der Waals surface area (Å²) in [6.07, 6.45) is 9.98. The van der Waals surface area contributed by atoms with Gasteiger partial charge >= 0.3 is 0 Å². The van der Waals surface area contributed by atoms with Gasteiger partial charge in [0.1, 0.15) is 0 Å². The fourth-order valence-corrected chi connectivity index (χ4v) is 2.99. The fraction of sp³-hybridized carbons (Fsp3) is 0.600. The molecule has 0 amide bonds. The van der Waals surface area contributed by atoms with E-state index in [0.717, 1.165) is 0 Å². The van der Waals surface area contributed by atoms with Crippen molar-refractivity contribution in [1.29, 1.82) is 0 Å². The first-order valence-electron chi connectivity index (χ1n) is 8.56. The van der Waals surface area contributed by atoms with Crippen molar-refractivity contribution in [2.75, 3.05) is 0 Å². The molecule has 0 N–H and O–H groups in total. The zero-order valence-corrected chi connectivity index (χ0v) is 14.0. The van der Waals surface area contributed by atoms with E-state index < -0.39 is 0 Å². The molecule has 0 aromatic heterocycles. The van der Waals surface area contributed by atoms with Gasteiger partial charge in [-0.25, -0.2) is 0 Å². The molecule has 0 saturated carbocycles. The molecule has 1 aromatic carbocycles. The second-order valence-corrected chi connectivity index (χ2v) is 5.79. The molecule has 1 rings (SSSR count). The van der Waals surface area contributed by atoms with Crippen molar-refractivity contribution in [3.8, 4) is 0 Å². The van der Waals surface area contributed by atoms with Crippen LogP contribution in [0.4, 0.5) is 0 Å². The third-order valence-corrected chi connectivity index (χ3v) is 3.89. The molecule has 0 aliphatic heterocycles. The Balaban J connectivity index is 2.90. The summed E-state index contributed by atoms with van der Waals surface area (Å²) in [5.41, 5.74) is 2.96. The summed E-state index contributed by atoms with van der Waals surface area (Å²) in [7, 11) is 0. The minimum Gasteiger partial charge on any atom is -0.0654 e. The summed E-state index contributed by atoms with van der Waals surface area (Å²) in [5.74, 6) is 3.29. The van der Waals surface area contributed by atoms with Crippen molar-refractivity contribution in [2.45, 2.75) is 79.1 Å². The van der Waals surface area contributed by atoms with Gasteiger partial charge in [0, 0.05) is 11.8 Å². The van der Waals surface area contributed by atoms with Crippen molar-refractivity contribution in [3.05, 3.63) is 47.2 Å². The highest BCUT2D eigenvalue weighted by atomic mass is 14.2. The molecule has 2 radical (unpaired) electrons. The molecule has 0 aliphatic rings. The Kier molecular flexibility index (Phi) is 8.65. The topological polar surface area (TPSA) is 0 Å². The van der Waals surface area contributed by atoms with Crippen LogP contribution in [0.15, 0.2) is 24.3 Å². The maximum atomic E-state index is 2.45. The Hall–Kier alpha value is -0.780. The molecule has 0 nitrogen and oxygen atoms in total. The molecule has 0 saturated heterocycles. The quantitative estimate of drug-likeness (QED) is 0.443. The van der Waals surface area contributed by atoms with E-state index in [1.165, 1.54) is 62.5 Å². The molecule has 0 spiro atoms. The molecule has 0 atom stereocenters. The monoisotopic (exact) mass is 272 g/mol. The van der Waals surface area contributed by atoms with Crippen molar-refractivity contribution < 1.29 is 0 Å². The molecule has 0 aliphatic carbocycles. The summed E-state index contributed by atoms with van der Waals surface area (Å²) in [5, 5.41) is 0. The highest BCUT2D eigenvalue weighted by Crippen LogP contribution is 2.30. The second kappa shape index (κ2) is 10.0. The van der Waals surface area contributed by atoms with Crippen LogP contribution in [-0.2, 0) is 0 Å². The predicted molar refractivity (Wildman–Crippen MR) is 90.8 cm³/mol. The zero-order chi connectivity index (χ0) is 14.8. The third kappa shape index (κ3) is 5.31. The van der Waals surface area contributed by atoms with Gasteiger partial charge in [-0.1, -0.05) is 77.6 Å². The predicted octanol–water partition coefficient (Wildman–Crippen LogP) is 6.73. The lowest BCUT2D eigenvalue weighted by atomic mass is 9.85. The normalized spacial score (nSPS) is 11.5. The summed E-state index contributed by atoms with van der Waals surface area (Å²) in [4.78, 5) is 0. The van der Waals surface area contributed by atoms with E-state index in [1.54, 1.807) is 11.8 Å². The summed E-state index contributed by atoms with van der Waals surface area (Å²) >= 11 is 0. The van der Waals surface area contributed by atoms with Crippen LogP contribution >= 0.6 is 0 Å². The van der Waals surface area contributed by atoms with Gasteiger partial charge in [-0.05, 0) is 36.8 Å². The molecule has 0 heteroatoms. The van der Waals surface area contributed by atoms with Crippen LogP contribution in [0.25, 0.3) is 0 Å². The van der Waals surface area contributed by atoms with Crippen LogP contribution < -0.4 is 0 Å². The van der Waals surface area contributed by atoms with Crippen LogP contribution in [0.2, 0.25) is 0 Å². The van der Waals surface area contributed by atoms with Crippen LogP contribution in [0.1, 0.15) is 90.2 Å². The molecule has 0 heterocycles. The fourth-order valence-electron chi connectivity index (χ4n) is 2.99. The molecular weight excluding hydrogens is 240 g/mol. The van der Waals surface area contributed by atoms with Gasteiger partial charge < -0.3 is 0 Å². The number of rotatable bonds is 10. The molecule has 0 fully saturated rings. The molecular formula is C20H32. The van der Waals surface area contributed by atoms with E-state index in [1.807, 2.05) is 0 Å². The van der Waals surface area contributed by atoms with Gasteiger partial charge in [-0.15, -0.1) is 0 Å². The lowest BCUT2D eigenvalue weighted by Crippen LogP contribution is -2.04. The van der Waals surface area contributed by atoms with Crippen molar-refractivity contribution >= 4 is 0 Å². The Morgan fingerprint density at radius 1 is 0.650 bits per heavy atom. The van der Waals surface area contributed by atoms with Crippen LogP contribution in [-0.4, -0.2) is 0 Å². The summed E-state index contributed by atoms with van der Waals surface area (Å²) in [6.45, 7) is 9.13. The first kappa shape index (κ1) is 17.3. The van der Waals surface area contributed by atoms with E-state index in [9.17, 15) is 0 Å². The summed E-state index contributed by atoms with van der Waals surface area (Å²) < 4.78 is 0. The van der Waals surface area contributed by atoms with Gasteiger partial charge in [0.15, 0.2) is 0 Å². The molecule has 112 valence electrons. The van der Waals surface area contributed by atoms with Crippen molar-refractivity contribution in [1.82, 2.24) is 0 Å². The van der Waals surface area contributed by atoms with Gasteiger partial charge in [0.05, 0.1) is 0 Å². The van der Waals surface area contributed by atoms with E-state index in [2.05, 4.69) is 52.0 Å². The first-order chi connectivity index (χ1) is 9.76. The van der Waals surface area contributed by atoms with Crippen molar-refractivity contribution in [3.63, 3.8) is 0 Å². The SMILES string of the molecule is CCC[C](CCC)c1cccc([C](CCC)CCC)c1. The first-order valence-corrected chi connectivity index (χ1v) is 8.56. The van der Waals surface area contributed by atoms with Gasteiger partial charge in [0.2, 0.25) is 0 Å². The van der Waals surface area contributed by atoms with Gasteiger partial charge in [-0.2, -0.15) is 0 Å². The average Bonchev–Trinajstić information content (AvgIpc) is 2.47. The number of hydrogen-bond acceptors (Lipinski definition) is 0. The minimum atomic E-state index is 1.24. The molecule has 20 heavy (non-hydrogen) atoms. The van der Waals surface area contributed by atoms with Crippen LogP contribution in [0.5, 0.6) is 0 Å². The highest BCUT2D eigenvalue weighted by molar-refractivity contribution is 5.40. The second-order valence-electron chi connectivity index (χ2n) is 5.79. The molecule has 1 aromatic rings. The van der Waals surface area contributed by atoms with E-state index in [-0.39, 0.29) is 0 Å². The Morgan fingerprint density at radius 2 is 1.00 bits per heavy atom. The Labute approximate surface area is 127 Å². The van der Waals surface area contributed by atoms with Crippen molar-refractivity contribution in [2.24, 2.45) is 0 Å². The van der Waals surface area contributed by atoms with Gasteiger partial charge in [-0.3, -0.25) is 0 Å². The van der Waals surface area contributed by atoms with Gasteiger partial charge in [0.25, 0.3) is 0 Å². The smallest absolute Gasteiger partial charge is 0.00497 e. The summed E-state index contributed by atoms with van der Waals surface area (Å²) in [6, 6.07) is 9.31. The maximum Gasteiger partial charge on any atom is 0.00497 e. The van der Waals surface area contributed by atoms with E-state index in [4.69, 9.17) is 0 Å². The maximum absolute atomic E-state index is 2.45. The molecule has 0 bridgehead atoms. The lowest BCUT2D eigenvalue weighted by molar-refractivity contribution is 0.710.